The second-order valence-electron chi connectivity index (χ2n) is 4.58. The molecule has 20 heavy (non-hydrogen) atoms. The highest BCUT2D eigenvalue weighted by atomic mass is 35.5. The Bertz CT molecular complexity index is 561. The molecule has 8 heteroatoms. The topological polar surface area (TPSA) is 83.7 Å². The quantitative estimate of drug-likeness (QED) is 0.642. The number of anilines is 1. The number of nitrogens with zero attached hydrogens (tertiary/aromatic N) is 2. The third kappa shape index (κ3) is 3.32. The summed E-state index contributed by atoms with van der Waals surface area (Å²) < 4.78 is 0. The van der Waals surface area contributed by atoms with Crippen LogP contribution in [0.25, 0.3) is 0 Å². The largest absolute Gasteiger partial charge is 0.481 e. The Morgan fingerprint density at radius 2 is 2.00 bits per heavy atom. The Hall–Kier alpha value is -1.53. The first-order chi connectivity index (χ1) is 9.40. The van der Waals surface area contributed by atoms with Crippen molar-refractivity contribution in [3.8, 4) is 0 Å². The molecule has 108 valence electrons. The number of hydrogen-bond acceptors (Lipinski definition) is 4. The van der Waals surface area contributed by atoms with Gasteiger partial charge >= 0.3 is 5.97 Å². The van der Waals surface area contributed by atoms with Gasteiger partial charge in [-0.25, -0.2) is 0 Å². The lowest BCUT2D eigenvalue weighted by molar-refractivity contribution is -0.384. The smallest absolute Gasteiger partial charge is 0.305 e. The number of nitro groups is 1. The zero-order valence-electron chi connectivity index (χ0n) is 10.4. The van der Waals surface area contributed by atoms with E-state index >= 15 is 0 Å². The van der Waals surface area contributed by atoms with Gasteiger partial charge in [-0.15, -0.1) is 0 Å². The third-order valence-electron chi connectivity index (χ3n) is 3.08. The van der Waals surface area contributed by atoms with E-state index in [1.165, 1.54) is 12.1 Å². The van der Waals surface area contributed by atoms with E-state index in [4.69, 9.17) is 28.3 Å². The fourth-order valence-electron chi connectivity index (χ4n) is 2.00. The normalized spacial score (nSPS) is 14.1. The molecule has 0 radical (unpaired) electrons. The summed E-state index contributed by atoms with van der Waals surface area (Å²) in [6.45, 7) is 0.207. The number of rotatable bonds is 6. The van der Waals surface area contributed by atoms with Crippen LogP contribution < -0.4 is 4.90 Å². The van der Waals surface area contributed by atoms with Crippen molar-refractivity contribution >= 4 is 40.5 Å². The fraction of sp³-hybridized carbons (Fsp3) is 0.417. The van der Waals surface area contributed by atoms with Crippen LogP contribution >= 0.6 is 23.2 Å². The van der Waals surface area contributed by atoms with Crippen LogP contribution in [-0.2, 0) is 4.79 Å². The first kappa shape index (κ1) is 14.9. The third-order valence-corrected chi connectivity index (χ3v) is 3.80. The summed E-state index contributed by atoms with van der Waals surface area (Å²) in [6, 6.07) is 2.77. The van der Waals surface area contributed by atoms with E-state index in [0.29, 0.717) is 5.69 Å². The molecule has 6 nitrogen and oxygen atoms in total. The number of nitro benzene ring substituents is 1. The van der Waals surface area contributed by atoms with Crippen molar-refractivity contribution in [2.24, 2.45) is 0 Å². The van der Waals surface area contributed by atoms with Gasteiger partial charge in [0.2, 0.25) is 0 Å². The van der Waals surface area contributed by atoms with Crippen LogP contribution in [0.5, 0.6) is 0 Å². The molecular formula is C12H12Cl2N2O4. The van der Waals surface area contributed by atoms with Gasteiger partial charge in [0, 0.05) is 18.7 Å². The van der Waals surface area contributed by atoms with Crippen molar-refractivity contribution in [1.29, 1.82) is 0 Å². The molecule has 2 rings (SSSR count). The molecule has 1 fully saturated rings. The van der Waals surface area contributed by atoms with E-state index in [1.54, 1.807) is 4.90 Å². The molecule has 0 saturated heterocycles. The Morgan fingerprint density at radius 3 is 2.50 bits per heavy atom. The SMILES string of the molecule is O=C(O)CCN(c1cc(Cl)c(Cl)cc1[N+](=O)[O-])C1CC1. The molecule has 1 aliphatic rings. The molecule has 0 aliphatic heterocycles. The van der Waals surface area contributed by atoms with Crippen LogP contribution in [0, 0.1) is 10.1 Å². The summed E-state index contributed by atoms with van der Waals surface area (Å²) >= 11 is 11.7. The Labute approximate surface area is 125 Å². The van der Waals surface area contributed by atoms with Gasteiger partial charge in [-0.1, -0.05) is 23.2 Å². The van der Waals surface area contributed by atoms with Crippen molar-refractivity contribution in [1.82, 2.24) is 0 Å². The van der Waals surface area contributed by atoms with Crippen LogP contribution in [0.15, 0.2) is 12.1 Å². The molecule has 0 unspecified atom stereocenters. The number of carbonyl (C=O) groups is 1. The minimum absolute atomic E-state index is 0.0894. The summed E-state index contributed by atoms with van der Waals surface area (Å²) in [5.74, 6) is -0.946. The van der Waals surface area contributed by atoms with Gasteiger partial charge in [0.15, 0.2) is 0 Å². The highest BCUT2D eigenvalue weighted by Gasteiger charge is 2.33. The first-order valence-electron chi connectivity index (χ1n) is 6.02. The lowest BCUT2D eigenvalue weighted by Gasteiger charge is -2.24. The van der Waals surface area contributed by atoms with Crippen molar-refractivity contribution in [3.63, 3.8) is 0 Å². The summed E-state index contributed by atoms with van der Waals surface area (Å²) in [6.07, 6.45) is 1.68. The van der Waals surface area contributed by atoms with Crippen molar-refractivity contribution < 1.29 is 14.8 Å². The Kier molecular flexibility index (Phi) is 4.35. The summed E-state index contributed by atoms with van der Waals surface area (Å²) in [5.41, 5.74) is 0.171. The van der Waals surface area contributed by atoms with Gasteiger partial charge in [0.1, 0.15) is 5.69 Å². The average Bonchev–Trinajstić information content (AvgIpc) is 3.17. The standard InChI is InChI=1S/C12H12Cl2N2O4/c13-8-5-10(11(16(19)20)6-9(8)14)15(7-1-2-7)4-3-12(17)18/h5-7H,1-4H2,(H,17,18). The molecule has 0 aromatic heterocycles. The predicted molar refractivity (Wildman–Crippen MR) is 75.7 cm³/mol. The molecule has 1 aromatic rings. The highest BCUT2D eigenvalue weighted by Crippen LogP contribution is 2.41. The minimum atomic E-state index is -0.946. The molecule has 1 aliphatic carbocycles. The van der Waals surface area contributed by atoms with Crippen LogP contribution in [0.2, 0.25) is 10.0 Å². The highest BCUT2D eigenvalue weighted by molar-refractivity contribution is 6.42. The fourth-order valence-corrected chi connectivity index (χ4v) is 2.32. The van der Waals surface area contributed by atoms with Crippen LogP contribution in [0.4, 0.5) is 11.4 Å². The summed E-state index contributed by atoms with van der Waals surface area (Å²) in [7, 11) is 0. The second kappa shape index (κ2) is 5.85. The number of hydrogen-bond donors (Lipinski definition) is 1. The van der Waals surface area contributed by atoms with Gasteiger partial charge in [-0.05, 0) is 18.9 Å². The van der Waals surface area contributed by atoms with Crippen molar-refractivity contribution in [2.45, 2.75) is 25.3 Å². The molecule has 1 aromatic carbocycles. The van der Waals surface area contributed by atoms with Crippen LogP contribution in [-0.4, -0.2) is 28.6 Å². The van der Waals surface area contributed by atoms with Crippen molar-refractivity contribution in [2.75, 3.05) is 11.4 Å². The van der Waals surface area contributed by atoms with E-state index in [0.717, 1.165) is 12.8 Å². The molecule has 0 heterocycles. The number of carboxylic acid groups (broad SMARTS) is 1. The second-order valence-corrected chi connectivity index (χ2v) is 5.39. The van der Waals surface area contributed by atoms with Crippen LogP contribution in [0.3, 0.4) is 0 Å². The van der Waals surface area contributed by atoms with Crippen molar-refractivity contribution in [3.05, 3.63) is 32.3 Å². The molecule has 1 N–H and O–H groups in total. The molecule has 0 atom stereocenters. The lowest BCUT2D eigenvalue weighted by atomic mass is 10.2. The number of benzene rings is 1. The van der Waals surface area contributed by atoms with Gasteiger partial charge in [-0.3, -0.25) is 14.9 Å². The summed E-state index contributed by atoms with van der Waals surface area (Å²) in [5, 5.41) is 20.2. The zero-order chi connectivity index (χ0) is 14.9. The Balaban J connectivity index is 2.38. The number of carboxylic acids is 1. The maximum Gasteiger partial charge on any atom is 0.305 e. The van der Waals surface area contributed by atoms with E-state index in [2.05, 4.69) is 0 Å². The number of halogens is 2. The lowest BCUT2D eigenvalue weighted by Crippen LogP contribution is -2.29. The molecule has 1 saturated carbocycles. The minimum Gasteiger partial charge on any atom is -0.481 e. The van der Waals surface area contributed by atoms with E-state index in [1.807, 2.05) is 0 Å². The van der Waals surface area contributed by atoms with Gasteiger partial charge in [0.05, 0.1) is 21.4 Å². The van der Waals surface area contributed by atoms with Gasteiger partial charge in [0.25, 0.3) is 5.69 Å². The molecule has 0 amide bonds. The van der Waals surface area contributed by atoms with E-state index in [-0.39, 0.29) is 34.7 Å². The predicted octanol–water partition coefficient (Wildman–Crippen LogP) is 3.35. The zero-order valence-corrected chi connectivity index (χ0v) is 11.9. The first-order valence-corrected chi connectivity index (χ1v) is 6.77. The maximum atomic E-state index is 11.1. The monoisotopic (exact) mass is 318 g/mol. The molecule has 0 bridgehead atoms. The Morgan fingerprint density at radius 1 is 1.40 bits per heavy atom. The van der Waals surface area contributed by atoms with Gasteiger partial charge < -0.3 is 10.0 Å². The maximum absolute atomic E-state index is 11.1. The van der Waals surface area contributed by atoms with Gasteiger partial charge in [-0.2, -0.15) is 0 Å². The van der Waals surface area contributed by atoms with E-state index < -0.39 is 10.9 Å². The molecular weight excluding hydrogens is 307 g/mol. The van der Waals surface area contributed by atoms with Crippen LogP contribution in [0.1, 0.15) is 19.3 Å². The molecule has 0 spiro atoms. The number of aliphatic carboxylic acids is 1. The van der Waals surface area contributed by atoms with E-state index in [9.17, 15) is 14.9 Å². The summed E-state index contributed by atoms with van der Waals surface area (Å²) in [4.78, 5) is 23.0. The average molecular weight is 319 g/mol.